The monoisotopic (exact) mass is 1200 g/mol. The average molecular weight is 1200 g/mol. The van der Waals surface area contributed by atoms with Gasteiger partial charge in [-0.25, -0.2) is 24.2 Å². The summed E-state index contributed by atoms with van der Waals surface area (Å²) in [6.07, 6.45) is 9.37. The zero-order valence-electron chi connectivity index (χ0n) is 48.1. The Bertz CT molecular complexity index is 2940. The number of aromatic nitrogens is 5. The minimum absolute atomic E-state index is 0.00557. The van der Waals surface area contributed by atoms with Gasteiger partial charge in [-0.3, -0.25) is 29.0 Å². The number of aliphatic imine (C=N–C) groups is 1. The number of unbranched alkanes of at least 4 members (excludes halogenated alkanes) is 3. The predicted octanol–water partition coefficient (Wildman–Crippen LogP) is 3.37. The number of carbonyl (C=O) groups excluding carboxylic acids is 3. The van der Waals surface area contributed by atoms with Gasteiger partial charge in [0, 0.05) is 101 Å². The lowest BCUT2D eigenvalue weighted by atomic mass is 10.1. The maximum atomic E-state index is 13.4. The summed E-state index contributed by atoms with van der Waals surface area (Å²) >= 11 is 0. The average Bonchev–Trinajstić information content (AvgIpc) is 4.24. The highest BCUT2D eigenvalue weighted by molar-refractivity contribution is 5.86. The molecule has 2 aromatic heterocycles. The summed E-state index contributed by atoms with van der Waals surface area (Å²) in [7, 11) is 0. The van der Waals surface area contributed by atoms with Crippen LogP contribution in [0, 0.1) is 0 Å². The van der Waals surface area contributed by atoms with E-state index in [4.69, 9.17) is 9.84 Å². The number of hydrogen-bond donors (Lipinski definition) is 12. The minimum Gasteiger partial charge on any atom is -0.508 e. The largest absolute Gasteiger partial charge is 0.508 e. The van der Waals surface area contributed by atoms with Crippen LogP contribution >= 0.6 is 0 Å². The number of carboxylic acids is 4. The second-order valence-electron chi connectivity index (χ2n) is 20.2. The Morgan fingerprint density at radius 2 is 1.38 bits per heavy atom. The summed E-state index contributed by atoms with van der Waals surface area (Å²) in [5.41, 5.74) is 2.89. The van der Waals surface area contributed by atoms with Gasteiger partial charge in [-0.15, -0.1) is 5.10 Å². The van der Waals surface area contributed by atoms with Crippen molar-refractivity contribution in [2.24, 2.45) is 4.99 Å². The number of nitrogens with one attached hydrogen (secondary N) is 6. The van der Waals surface area contributed by atoms with Crippen molar-refractivity contribution in [3.05, 3.63) is 120 Å². The van der Waals surface area contributed by atoms with Gasteiger partial charge in [0.25, 0.3) is 0 Å². The number of urea groups is 2. The Kier molecular flexibility index (Phi) is 29.8. The van der Waals surface area contributed by atoms with Crippen LogP contribution in [0.1, 0.15) is 92.4 Å². The molecule has 28 nitrogen and oxygen atoms in total. The number of benzene rings is 3. The molecule has 12 N–H and O–H groups in total. The Balaban J connectivity index is 0.991. The van der Waals surface area contributed by atoms with E-state index in [2.05, 4.69) is 57.1 Å². The van der Waals surface area contributed by atoms with E-state index < -0.39 is 48.4 Å². The van der Waals surface area contributed by atoms with Gasteiger partial charge in [-0.2, -0.15) is 0 Å². The second-order valence-corrected chi connectivity index (χ2v) is 20.2. The van der Waals surface area contributed by atoms with Gasteiger partial charge in [0.1, 0.15) is 54.0 Å². The molecular formula is C58H80N14O14. The molecule has 5 amide bonds. The van der Waals surface area contributed by atoms with Crippen LogP contribution in [-0.4, -0.2) is 184 Å². The van der Waals surface area contributed by atoms with Crippen molar-refractivity contribution < 1.29 is 68.9 Å². The first-order valence-electron chi connectivity index (χ1n) is 28.6. The summed E-state index contributed by atoms with van der Waals surface area (Å²) in [5.74, 6) is -3.70. The molecule has 0 bridgehead atoms. The molecular weight excluding hydrogens is 1120 g/mol. The van der Waals surface area contributed by atoms with Gasteiger partial charge in [0.15, 0.2) is 0 Å². The number of phenolic OH excluding ortho intramolecular Hbond substituents is 2. The Morgan fingerprint density at radius 3 is 2.10 bits per heavy atom. The standard InChI is InChI=1S/C58H80N14O14/c73-49-14-5-3-11-43(49)35-61-28-27-59-25-26-60-29-33-71(37-44-12-4-6-15-50(44)74)58(85)64-24-10-32-72-38-45(67-68-72)41-86-46-19-17-42(18-20-46)36-69(39-51-62-30-34-70(51)40-54(78)79)31-9-1-2-16-52(75)63-23-8-7-13-47(55(80)81)65-57(84)66-48(56(82)83)21-22-53(76)77/h3-6,11-12,14-15,17-20,30,34-35,38,47-48,59-60,73-74H,1-2,7-10,13,16,21-29,31-33,36-37,39-41H2,(H,63,75)(H,64,85)(H,76,77)(H,78,79)(H,80,81)(H,82,83)(H2,65,66,84)/b61-35-. The molecule has 0 fully saturated rings. The molecule has 2 atom stereocenters. The highest BCUT2D eigenvalue weighted by Gasteiger charge is 2.25. The first-order chi connectivity index (χ1) is 41.5. The Hall–Kier alpha value is -9.15. The molecule has 0 spiro atoms. The number of hydrogen-bond acceptors (Lipinski definition) is 17. The van der Waals surface area contributed by atoms with Gasteiger partial charge in [0.2, 0.25) is 5.91 Å². The first kappa shape index (κ1) is 67.6. The third-order valence-electron chi connectivity index (χ3n) is 13.4. The van der Waals surface area contributed by atoms with Crippen molar-refractivity contribution in [1.82, 2.24) is 66.2 Å². The third-order valence-corrected chi connectivity index (χ3v) is 13.4. The van der Waals surface area contributed by atoms with Crippen LogP contribution in [-0.2, 0) is 63.3 Å². The number of rotatable bonds is 43. The van der Waals surface area contributed by atoms with Gasteiger partial charge < -0.3 is 76.7 Å². The van der Waals surface area contributed by atoms with Crippen LogP contribution in [0.5, 0.6) is 17.2 Å². The molecule has 86 heavy (non-hydrogen) atoms. The fourth-order valence-electron chi connectivity index (χ4n) is 8.74. The quantitative estimate of drug-likeness (QED) is 0.0197. The number of amides is 5. The highest BCUT2D eigenvalue weighted by Crippen LogP contribution is 2.20. The predicted molar refractivity (Wildman–Crippen MR) is 314 cm³/mol. The van der Waals surface area contributed by atoms with E-state index in [0.717, 1.165) is 18.4 Å². The number of nitrogens with zero attached hydrogens (tertiary/aromatic N) is 8. The number of aliphatic carboxylic acids is 4. The van der Waals surface area contributed by atoms with E-state index in [1.165, 1.54) is 0 Å². The van der Waals surface area contributed by atoms with E-state index in [0.29, 0.717) is 126 Å². The number of ether oxygens (including phenoxy) is 1. The fourth-order valence-corrected chi connectivity index (χ4v) is 8.74. The lowest BCUT2D eigenvalue weighted by Crippen LogP contribution is -2.51. The van der Waals surface area contributed by atoms with Crippen molar-refractivity contribution in [1.29, 1.82) is 0 Å². The molecule has 0 saturated carbocycles. The topological polar surface area (TPSA) is 390 Å². The maximum Gasteiger partial charge on any atom is 0.326 e. The van der Waals surface area contributed by atoms with E-state index in [9.17, 15) is 59.1 Å². The number of imidazole rings is 1. The first-order valence-corrected chi connectivity index (χ1v) is 28.6. The lowest BCUT2D eigenvalue weighted by molar-refractivity contribution is -0.141. The molecule has 28 heteroatoms. The van der Waals surface area contributed by atoms with Gasteiger partial charge >= 0.3 is 35.9 Å². The molecule has 0 aliphatic heterocycles. The van der Waals surface area contributed by atoms with Gasteiger partial charge in [-0.05, 0) is 87.4 Å². The van der Waals surface area contributed by atoms with Crippen molar-refractivity contribution in [3.8, 4) is 17.2 Å². The fraction of sp³-hybridized carbons (Fsp3) is 0.466. The molecule has 2 heterocycles. The van der Waals surface area contributed by atoms with Crippen LogP contribution in [0.2, 0.25) is 0 Å². The summed E-state index contributed by atoms with van der Waals surface area (Å²) < 4.78 is 9.32. The third kappa shape index (κ3) is 26.6. The summed E-state index contributed by atoms with van der Waals surface area (Å²) in [6, 6.07) is 17.4. The molecule has 466 valence electrons. The van der Waals surface area contributed by atoms with Crippen LogP contribution in [0.15, 0.2) is 96.4 Å². The molecule has 0 aliphatic rings. The van der Waals surface area contributed by atoms with E-state index in [-0.39, 0.29) is 68.9 Å². The summed E-state index contributed by atoms with van der Waals surface area (Å²) in [6.45, 7) is 6.34. The molecule has 5 aromatic rings. The summed E-state index contributed by atoms with van der Waals surface area (Å²) in [4.78, 5) is 96.4. The number of aryl methyl sites for hydroxylation is 1. The number of phenols is 2. The lowest BCUT2D eigenvalue weighted by Gasteiger charge is -2.24. The van der Waals surface area contributed by atoms with Crippen molar-refractivity contribution >= 4 is 48.1 Å². The zero-order chi connectivity index (χ0) is 61.9. The van der Waals surface area contributed by atoms with Crippen LogP contribution in [0.25, 0.3) is 0 Å². The van der Waals surface area contributed by atoms with Crippen LogP contribution < -0.4 is 36.6 Å². The number of para-hydroxylation sites is 2. The second kappa shape index (κ2) is 37.9. The van der Waals surface area contributed by atoms with E-state index >= 15 is 0 Å². The van der Waals surface area contributed by atoms with Crippen LogP contribution in [0.4, 0.5) is 9.59 Å². The SMILES string of the molecule is O=C(O)CCC(NC(=O)NC(CCCCNC(=O)CCCCCN(Cc1ccc(OCc2cn(CCCNC(=O)N(CCNCCNCC/N=C\c3ccccc3O)Cc3ccccc3O)nn2)cc1)Cc1nccn1CC(=O)O)C(=O)O)C(=O)O. The summed E-state index contributed by atoms with van der Waals surface area (Å²) in [5, 5.41) is 82.7. The molecule has 0 aliphatic carbocycles. The van der Waals surface area contributed by atoms with Gasteiger partial charge in [-0.1, -0.05) is 54.1 Å². The molecule has 3 aromatic carbocycles. The number of carboxylic acid groups (broad SMARTS) is 4. The maximum absolute atomic E-state index is 13.4. The number of aromatic hydroxyl groups is 2. The van der Waals surface area contributed by atoms with Crippen molar-refractivity contribution in [2.75, 3.05) is 58.9 Å². The van der Waals surface area contributed by atoms with E-state index in [1.807, 2.05) is 36.4 Å². The van der Waals surface area contributed by atoms with Crippen LogP contribution in [0.3, 0.4) is 0 Å². The normalized spacial score (nSPS) is 11.9. The molecule has 0 radical (unpaired) electrons. The molecule has 0 saturated heterocycles. The minimum atomic E-state index is -1.51. The Labute approximate surface area is 498 Å². The number of carbonyl (C=O) groups is 7. The van der Waals surface area contributed by atoms with Crippen molar-refractivity contribution in [2.45, 2.75) is 116 Å². The molecule has 5 rings (SSSR count). The van der Waals surface area contributed by atoms with Gasteiger partial charge in [0.05, 0.1) is 25.8 Å². The molecule has 2 unspecified atom stereocenters. The smallest absolute Gasteiger partial charge is 0.326 e. The zero-order valence-corrected chi connectivity index (χ0v) is 48.1. The van der Waals surface area contributed by atoms with E-state index in [1.54, 1.807) is 75.4 Å². The van der Waals surface area contributed by atoms with Crippen molar-refractivity contribution in [3.63, 3.8) is 0 Å². The Morgan fingerprint density at radius 1 is 0.674 bits per heavy atom. The highest BCUT2D eigenvalue weighted by atomic mass is 16.5.